The van der Waals surface area contributed by atoms with Gasteiger partial charge in [0.2, 0.25) is 0 Å². The Hall–Kier alpha value is -1.85. The molecule has 1 heterocycles. The molecule has 2 aromatic carbocycles. The van der Waals surface area contributed by atoms with Crippen molar-refractivity contribution in [3.8, 4) is 5.75 Å². The van der Waals surface area contributed by atoms with E-state index in [-0.39, 0.29) is 18.6 Å². The van der Waals surface area contributed by atoms with Gasteiger partial charge in [-0.3, -0.25) is 4.79 Å². The molecule has 1 aliphatic heterocycles. The maximum Gasteiger partial charge on any atom is 0.262 e. The lowest BCUT2D eigenvalue weighted by atomic mass is 9.97. The number of ether oxygens (including phenoxy) is 1. The fraction of sp³-hybridized carbons (Fsp3) is 0.188. The van der Waals surface area contributed by atoms with Crippen LogP contribution >= 0.6 is 15.9 Å². The van der Waals surface area contributed by atoms with Crippen molar-refractivity contribution in [1.82, 2.24) is 0 Å². The number of hydrogen-bond acceptors (Lipinski definition) is 3. The number of fused-ring (bicyclic) bond motifs is 1. The highest BCUT2D eigenvalue weighted by atomic mass is 79.9. The molecule has 5 heteroatoms. The van der Waals surface area contributed by atoms with Crippen molar-refractivity contribution in [2.75, 3.05) is 11.9 Å². The van der Waals surface area contributed by atoms with E-state index in [1.54, 1.807) is 0 Å². The Balaban J connectivity index is 1.98. The van der Waals surface area contributed by atoms with Crippen LogP contribution in [0.1, 0.15) is 22.7 Å². The number of hydrogen-bond donors (Lipinski definition) is 2. The second kappa shape index (κ2) is 5.50. The van der Waals surface area contributed by atoms with Crippen molar-refractivity contribution < 1.29 is 9.53 Å². The molecule has 0 radical (unpaired) electrons. The van der Waals surface area contributed by atoms with Gasteiger partial charge < -0.3 is 15.8 Å². The summed E-state index contributed by atoms with van der Waals surface area (Å²) in [4.78, 5) is 11.4. The second-order valence-corrected chi connectivity index (χ2v) is 5.84. The molecular weight excluding hydrogens is 332 g/mol. The summed E-state index contributed by atoms with van der Waals surface area (Å²) >= 11 is 3.59. The summed E-state index contributed by atoms with van der Waals surface area (Å²) in [6.07, 6.45) is 0. The molecule has 3 N–H and O–H groups in total. The van der Waals surface area contributed by atoms with Crippen LogP contribution in [0, 0.1) is 6.92 Å². The van der Waals surface area contributed by atoms with Gasteiger partial charge in [0.15, 0.2) is 6.61 Å². The third-order valence-electron chi connectivity index (χ3n) is 3.55. The van der Waals surface area contributed by atoms with Crippen LogP contribution in [0.25, 0.3) is 0 Å². The molecule has 0 saturated heterocycles. The molecule has 3 rings (SSSR count). The molecular formula is C16H15BrN2O2. The van der Waals surface area contributed by atoms with Crippen molar-refractivity contribution in [1.29, 1.82) is 0 Å². The van der Waals surface area contributed by atoms with E-state index in [0.29, 0.717) is 11.4 Å². The predicted molar refractivity (Wildman–Crippen MR) is 85.5 cm³/mol. The summed E-state index contributed by atoms with van der Waals surface area (Å²) in [5, 5.41) is 2.80. The van der Waals surface area contributed by atoms with Gasteiger partial charge in [-0.15, -0.1) is 0 Å². The van der Waals surface area contributed by atoms with Crippen LogP contribution in [-0.2, 0) is 4.79 Å². The number of amides is 1. The minimum absolute atomic E-state index is 0.0574. The lowest BCUT2D eigenvalue weighted by Crippen LogP contribution is -2.25. The summed E-state index contributed by atoms with van der Waals surface area (Å²) < 4.78 is 6.37. The van der Waals surface area contributed by atoms with Crippen molar-refractivity contribution in [2.24, 2.45) is 5.73 Å². The van der Waals surface area contributed by atoms with Gasteiger partial charge in [0, 0.05) is 4.47 Å². The number of nitrogens with two attached hydrogens (primary N) is 1. The first-order valence-corrected chi connectivity index (χ1v) is 7.43. The van der Waals surface area contributed by atoms with Crippen molar-refractivity contribution >= 4 is 27.5 Å². The van der Waals surface area contributed by atoms with Crippen LogP contribution < -0.4 is 15.8 Å². The molecule has 108 valence electrons. The van der Waals surface area contributed by atoms with E-state index in [2.05, 4.69) is 21.2 Å². The summed E-state index contributed by atoms with van der Waals surface area (Å²) in [6.45, 7) is 2.09. The number of rotatable bonds is 2. The van der Waals surface area contributed by atoms with Crippen molar-refractivity contribution in [2.45, 2.75) is 13.0 Å². The fourth-order valence-corrected chi connectivity index (χ4v) is 2.90. The molecule has 2 aromatic rings. The van der Waals surface area contributed by atoms with Crippen LogP contribution in [0.2, 0.25) is 0 Å². The number of halogens is 1. The van der Waals surface area contributed by atoms with Gasteiger partial charge in [-0.05, 0) is 35.7 Å². The summed E-state index contributed by atoms with van der Waals surface area (Å²) in [6, 6.07) is 11.4. The minimum Gasteiger partial charge on any atom is -0.482 e. The molecule has 1 atom stereocenters. The number of anilines is 1. The largest absolute Gasteiger partial charge is 0.482 e. The lowest BCUT2D eigenvalue weighted by molar-refractivity contribution is -0.118. The molecule has 21 heavy (non-hydrogen) atoms. The predicted octanol–water partition coefficient (Wildman–Crippen LogP) is 3.14. The number of nitrogens with one attached hydrogen (secondary N) is 1. The second-order valence-electron chi connectivity index (χ2n) is 5.05. The Morgan fingerprint density at radius 3 is 2.95 bits per heavy atom. The molecule has 0 fully saturated rings. The Morgan fingerprint density at radius 2 is 2.14 bits per heavy atom. The monoisotopic (exact) mass is 346 g/mol. The molecule has 1 amide bonds. The zero-order valence-corrected chi connectivity index (χ0v) is 13.1. The van der Waals surface area contributed by atoms with Gasteiger partial charge in [-0.2, -0.15) is 0 Å². The Morgan fingerprint density at radius 1 is 1.33 bits per heavy atom. The van der Waals surface area contributed by atoms with Crippen LogP contribution in [0.15, 0.2) is 40.9 Å². The first kappa shape index (κ1) is 14.1. The molecule has 0 aliphatic carbocycles. The molecule has 1 unspecified atom stereocenters. The van der Waals surface area contributed by atoms with Crippen LogP contribution in [0.3, 0.4) is 0 Å². The first-order valence-electron chi connectivity index (χ1n) is 6.63. The smallest absolute Gasteiger partial charge is 0.262 e. The topological polar surface area (TPSA) is 64.3 Å². The molecule has 1 aliphatic rings. The Kier molecular flexibility index (Phi) is 3.69. The van der Waals surface area contributed by atoms with E-state index < -0.39 is 0 Å². The molecule has 0 saturated carbocycles. The third-order valence-corrected chi connectivity index (χ3v) is 4.64. The first-order chi connectivity index (χ1) is 10.1. The normalized spacial score (nSPS) is 14.9. The zero-order chi connectivity index (χ0) is 15.0. The highest BCUT2D eigenvalue weighted by Crippen LogP contribution is 2.34. The quantitative estimate of drug-likeness (QED) is 0.877. The van der Waals surface area contributed by atoms with Gasteiger partial charge in [0.25, 0.3) is 5.91 Å². The SMILES string of the molecule is Cc1cccc(C(N)c2ccc3c(c2)NC(=O)CO3)c1Br. The van der Waals surface area contributed by atoms with Crippen molar-refractivity contribution in [3.63, 3.8) is 0 Å². The van der Waals surface area contributed by atoms with E-state index in [9.17, 15) is 4.79 Å². The van der Waals surface area contributed by atoms with Gasteiger partial charge in [0.05, 0.1) is 11.7 Å². The number of benzene rings is 2. The minimum atomic E-state index is -0.275. The summed E-state index contributed by atoms with van der Waals surface area (Å²) in [5.74, 6) is 0.527. The fourth-order valence-electron chi connectivity index (χ4n) is 2.38. The van der Waals surface area contributed by atoms with Crippen LogP contribution in [-0.4, -0.2) is 12.5 Å². The standard InChI is InChI=1S/C16H15BrN2O2/c1-9-3-2-4-11(15(9)17)16(18)10-5-6-13-12(7-10)19-14(20)8-21-13/h2-7,16H,8,18H2,1H3,(H,19,20). The molecule has 0 aromatic heterocycles. The number of carbonyl (C=O) groups excluding carboxylic acids is 1. The van der Waals surface area contributed by atoms with Crippen LogP contribution in [0.5, 0.6) is 5.75 Å². The molecule has 0 spiro atoms. The van der Waals surface area contributed by atoms with E-state index >= 15 is 0 Å². The highest BCUT2D eigenvalue weighted by Gasteiger charge is 2.19. The molecule has 4 nitrogen and oxygen atoms in total. The highest BCUT2D eigenvalue weighted by molar-refractivity contribution is 9.10. The average Bonchev–Trinajstić information content (AvgIpc) is 2.48. The maximum absolute atomic E-state index is 11.4. The van der Waals surface area contributed by atoms with Crippen LogP contribution in [0.4, 0.5) is 5.69 Å². The summed E-state index contributed by atoms with van der Waals surface area (Å²) in [7, 11) is 0. The van der Waals surface area contributed by atoms with E-state index in [4.69, 9.17) is 10.5 Å². The Bertz CT molecular complexity index is 715. The number of aryl methyl sites for hydroxylation is 1. The average molecular weight is 347 g/mol. The summed E-state index contributed by atoms with van der Waals surface area (Å²) in [5.41, 5.74) is 10.1. The molecule has 0 bridgehead atoms. The lowest BCUT2D eigenvalue weighted by Gasteiger charge is -2.21. The van der Waals surface area contributed by atoms with E-state index in [0.717, 1.165) is 21.2 Å². The Labute approximate surface area is 131 Å². The van der Waals surface area contributed by atoms with E-state index in [1.165, 1.54) is 0 Å². The number of carbonyl (C=O) groups is 1. The zero-order valence-electron chi connectivity index (χ0n) is 11.5. The van der Waals surface area contributed by atoms with Gasteiger partial charge >= 0.3 is 0 Å². The van der Waals surface area contributed by atoms with Gasteiger partial charge in [-0.25, -0.2) is 0 Å². The third kappa shape index (κ3) is 2.66. The van der Waals surface area contributed by atoms with Gasteiger partial charge in [-0.1, -0.05) is 40.2 Å². The van der Waals surface area contributed by atoms with E-state index in [1.807, 2.05) is 43.3 Å². The van der Waals surface area contributed by atoms with Gasteiger partial charge in [0.1, 0.15) is 5.75 Å². The van der Waals surface area contributed by atoms with Crippen molar-refractivity contribution in [3.05, 3.63) is 57.6 Å². The maximum atomic E-state index is 11.4.